The molecule has 2 atom stereocenters. The first-order chi connectivity index (χ1) is 14.7. The lowest BCUT2D eigenvalue weighted by Crippen LogP contribution is -2.29. The molecule has 0 spiro atoms. The van der Waals surface area contributed by atoms with Crippen molar-refractivity contribution >= 4 is 29.2 Å². The third-order valence-corrected chi connectivity index (χ3v) is 4.96. The molecule has 2 aromatic rings. The van der Waals surface area contributed by atoms with Gasteiger partial charge in [-0.15, -0.1) is 5.48 Å². The van der Waals surface area contributed by atoms with Gasteiger partial charge in [0.25, 0.3) is 5.91 Å². The van der Waals surface area contributed by atoms with E-state index in [9.17, 15) is 22.4 Å². The summed E-state index contributed by atoms with van der Waals surface area (Å²) in [4.78, 5) is 20.1. The van der Waals surface area contributed by atoms with Crippen LogP contribution < -0.4 is 16.5 Å². The van der Waals surface area contributed by atoms with Crippen molar-refractivity contribution in [3.63, 3.8) is 0 Å². The lowest BCUT2D eigenvalue weighted by molar-refractivity contribution is 0.102. The van der Waals surface area contributed by atoms with Crippen LogP contribution in [0.3, 0.4) is 0 Å². The summed E-state index contributed by atoms with van der Waals surface area (Å²) in [6, 6.07) is 6.06. The topological polar surface area (TPSA) is 88.7 Å². The second-order valence-corrected chi connectivity index (χ2v) is 7.44. The quantitative estimate of drug-likeness (QED) is 0.188. The van der Waals surface area contributed by atoms with Gasteiger partial charge in [-0.25, -0.2) is 8.78 Å². The molecular weight excluding hydrogens is 440 g/mol. The van der Waals surface area contributed by atoms with Gasteiger partial charge in [0.15, 0.2) is 0 Å². The number of anilines is 1. The molecule has 1 aliphatic carbocycles. The van der Waals surface area contributed by atoms with Crippen LogP contribution in [0.1, 0.15) is 39.4 Å². The van der Waals surface area contributed by atoms with Crippen molar-refractivity contribution in [2.75, 3.05) is 5.32 Å². The number of amidine groups is 1. The maximum Gasteiger partial charge on any atom is 0.336 e. The second-order valence-electron chi connectivity index (χ2n) is 7.00. The van der Waals surface area contributed by atoms with Crippen LogP contribution in [0.25, 0.3) is 0 Å². The van der Waals surface area contributed by atoms with Gasteiger partial charge in [0.1, 0.15) is 12.5 Å². The highest BCUT2D eigenvalue weighted by atomic mass is 35.5. The standard InChI is InChI=1S/C20H19ClF4N4O2/c1-9-4-12(27-18(30)13-3-2-11(21)5-10(13)8-22)6-15(17(9)23)14-7-16(14)29-31-20(26)28-19(24)25/h2-6,14,16,19,29H,7-8H2,1H3,(H2,26,28)(H,27,30)/t14-,16-/m1/s1. The number of alkyl halides is 3. The number of amides is 1. The molecule has 0 saturated heterocycles. The molecule has 3 rings (SSSR count). The molecule has 4 N–H and O–H groups in total. The Bertz CT molecular complexity index is 1020. The highest BCUT2D eigenvalue weighted by Gasteiger charge is 2.41. The second kappa shape index (κ2) is 9.52. The zero-order valence-corrected chi connectivity index (χ0v) is 17.0. The first-order valence-electron chi connectivity index (χ1n) is 9.19. The normalized spacial score (nSPS) is 18.2. The number of nitrogens with one attached hydrogen (secondary N) is 2. The zero-order valence-electron chi connectivity index (χ0n) is 16.3. The molecular formula is C20H19ClF4N4O2. The minimum atomic E-state index is -3.00. The minimum Gasteiger partial charge on any atom is -0.371 e. The average molecular weight is 459 g/mol. The monoisotopic (exact) mass is 458 g/mol. The molecule has 6 nitrogen and oxygen atoms in total. The summed E-state index contributed by atoms with van der Waals surface area (Å²) in [5.74, 6) is -1.35. The molecule has 0 radical (unpaired) electrons. The molecule has 0 bridgehead atoms. The Morgan fingerprint density at radius 3 is 2.77 bits per heavy atom. The summed E-state index contributed by atoms with van der Waals surface area (Å²) in [6.07, 6.45) is 0.457. The number of aliphatic imine (C=N–C) groups is 1. The molecule has 0 aliphatic heterocycles. The lowest BCUT2D eigenvalue weighted by Gasteiger charge is -2.13. The largest absolute Gasteiger partial charge is 0.371 e. The van der Waals surface area contributed by atoms with Gasteiger partial charge in [-0.3, -0.25) is 4.79 Å². The summed E-state index contributed by atoms with van der Waals surface area (Å²) in [5, 5.41) is 2.94. The van der Waals surface area contributed by atoms with E-state index in [0.29, 0.717) is 28.3 Å². The van der Waals surface area contributed by atoms with Gasteiger partial charge in [0.05, 0.1) is 6.04 Å². The number of nitrogens with two attached hydrogens (primary N) is 1. The van der Waals surface area contributed by atoms with Crippen molar-refractivity contribution in [2.45, 2.75) is 38.5 Å². The van der Waals surface area contributed by atoms with Crippen LogP contribution >= 0.6 is 11.6 Å². The van der Waals surface area contributed by atoms with E-state index in [1.54, 1.807) is 6.92 Å². The molecule has 31 heavy (non-hydrogen) atoms. The molecule has 1 fully saturated rings. The van der Waals surface area contributed by atoms with Crippen LogP contribution in [-0.2, 0) is 11.5 Å². The fraction of sp³-hybridized carbons (Fsp3) is 0.300. The summed E-state index contributed by atoms with van der Waals surface area (Å²) >= 11 is 5.84. The number of benzene rings is 2. The van der Waals surface area contributed by atoms with Gasteiger partial charge in [0.2, 0.25) is 0 Å². The Balaban J connectivity index is 1.73. The van der Waals surface area contributed by atoms with Crippen molar-refractivity contribution in [3.05, 3.63) is 63.4 Å². The van der Waals surface area contributed by atoms with Crippen LogP contribution in [-0.4, -0.2) is 24.5 Å². The van der Waals surface area contributed by atoms with Crippen LogP contribution in [0.4, 0.5) is 23.2 Å². The predicted molar refractivity (Wildman–Crippen MR) is 108 cm³/mol. The Morgan fingerprint density at radius 1 is 1.35 bits per heavy atom. The van der Waals surface area contributed by atoms with Crippen molar-refractivity contribution in [3.8, 4) is 0 Å². The molecule has 1 saturated carbocycles. The van der Waals surface area contributed by atoms with E-state index in [2.05, 4.69) is 15.8 Å². The minimum absolute atomic E-state index is 0.114. The Kier molecular flexibility index (Phi) is 7.01. The number of hydroxylamine groups is 1. The number of aryl methyl sites for hydroxylation is 1. The summed E-state index contributed by atoms with van der Waals surface area (Å²) in [7, 11) is 0. The predicted octanol–water partition coefficient (Wildman–Crippen LogP) is 4.42. The van der Waals surface area contributed by atoms with E-state index in [-0.39, 0.29) is 23.1 Å². The number of carbonyl (C=O) groups is 1. The van der Waals surface area contributed by atoms with Crippen LogP contribution in [0.2, 0.25) is 5.02 Å². The molecule has 166 valence electrons. The van der Waals surface area contributed by atoms with E-state index < -0.39 is 31.0 Å². The third kappa shape index (κ3) is 5.65. The molecule has 0 heterocycles. The summed E-state index contributed by atoms with van der Waals surface area (Å²) < 4.78 is 52.1. The Hall–Kier alpha value is -2.85. The van der Waals surface area contributed by atoms with Crippen molar-refractivity contribution in [2.24, 2.45) is 10.7 Å². The molecule has 1 aliphatic rings. The highest BCUT2D eigenvalue weighted by Crippen LogP contribution is 2.43. The summed E-state index contributed by atoms with van der Waals surface area (Å²) in [5.41, 5.74) is 8.82. The van der Waals surface area contributed by atoms with Gasteiger partial charge in [-0.2, -0.15) is 13.8 Å². The van der Waals surface area contributed by atoms with Crippen molar-refractivity contribution < 1.29 is 27.2 Å². The molecule has 11 heteroatoms. The van der Waals surface area contributed by atoms with Gasteiger partial charge < -0.3 is 15.9 Å². The number of carbonyl (C=O) groups excluding carboxylic acids is 1. The number of rotatable bonds is 7. The molecule has 0 unspecified atom stereocenters. The van der Waals surface area contributed by atoms with Crippen LogP contribution in [0.5, 0.6) is 0 Å². The maximum atomic E-state index is 14.6. The van der Waals surface area contributed by atoms with E-state index in [4.69, 9.17) is 22.2 Å². The zero-order chi connectivity index (χ0) is 22.7. The van der Waals surface area contributed by atoms with Crippen molar-refractivity contribution in [1.82, 2.24) is 5.48 Å². The van der Waals surface area contributed by atoms with Gasteiger partial charge in [0, 0.05) is 22.2 Å². The summed E-state index contributed by atoms with van der Waals surface area (Å²) in [6.45, 7) is -2.33. The first kappa shape index (κ1) is 22.8. The number of hydrogen-bond donors (Lipinski definition) is 3. The number of nitrogens with zero attached hydrogens (tertiary/aromatic N) is 1. The van der Waals surface area contributed by atoms with Crippen LogP contribution in [0.15, 0.2) is 35.3 Å². The Labute approximate surface area is 180 Å². The van der Waals surface area contributed by atoms with Gasteiger partial charge in [-0.1, -0.05) is 11.6 Å². The average Bonchev–Trinajstić information content (AvgIpc) is 3.47. The molecule has 2 aromatic carbocycles. The fourth-order valence-corrected chi connectivity index (χ4v) is 3.35. The van der Waals surface area contributed by atoms with Crippen LogP contribution in [0, 0.1) is 12.7 Å². The smallest absolute Gasteiger partial charge is 0.336 e. The fourth-order valence-electron chi connectivity index (χ4n) is 3.16. The number of halogens is 5. The van der Waals surface area contributed by atoms with Gasteiger partial charge in [-0.05, 0) is 60.4 Å². The Morgan fingerprint density at radius 2 is 2.10 bits per heavy atom. The third-order valence-electron chi connectivity index (χ3n) is 4.73. The van der Waals surface area contributed by atoms with E-state index >= 15 is 0 Å². The highest BCUT2D eigenvalue weighted by molar-refractivity contribution is 6.30. The first-order valence-corrected chi connectivity index (χ1v) is 9.57. The lowest BCUT2D eigenvalue weighted by atomic mass is 10.0. The van der Waals surface area contributed by atoms with E-state index in [0.717, 1.165) is 0 Å². The van der Waals surface area contributed by atoms with E-state index in [1.807, 2.05) is 0 Å². The molecule has 0 aromatic heterocycles. The number of hydrogen-bond acceptors (Lipinski definition) is 4. The SMILES string of the molecule is Cc1cc(NC(=O)c2ccc(Cl)cc2CF)cc([C@H]2C[C@H]2NOC(N)=NC(F)F)c1F. The molecule has 1 amide bonds. The van der Waals surface area contributed by atoms with Gasteiger partial charge >= 0.3 is 12.6 Å². The van der Waals surface area contributed by atoms with Crippen molar-refractivity contribution in [1.29, 1.82) is 0 Å². The maximum absolute atomic E-state index is 14.6. The van der Waals surface area contributed by atoms with E-state index in [1.165, 1.54) is 30.3 Å².